The summed E-state index contributed by atoms with van der Waals surface area (Å²) in [6, 6.07) is 6.06. The lowest BCUT2D eigenvalue weighted by Gasteiger charge is -2.60. The lowest BCUT2D eigenvalue weighted by atomic mass is 9.57. The van der Waals surface area contributed by atoms with E-state index in [0.29, 0.717) is 31.3 Å². The number of likely N-dealkylation sites (tertiary alicyclic amines) is 1. The van der Waals surface area contributed by atoms with E-state index in [9.17, 15) is 24.3 Å². The Morgan fingerprint density at radius 2 is 1.79 bits per heavy atom. The van der Waals surface area contributed by atoms with E-state index < -0.39 is 47.2 Å². The summed E-state index contributed by atoms with van der Waals surface area (Å²) < 4.78 is 24.3. The Kier molecular flexibility index (Phi) is 15.0. The van der Waals surface area contributed by atoms with Gasteiger partial charge in [-0.2, -0.15) is 0 Å². The van der Waals surface area contributed by atoms with Crippen LogP contribution in [0.4, 0.5) is 0 Å². The van der Waals surface area contributed by atoms with Crippen LogP contribution < -0.4 is 10.6 Å². The quantitative estimate of drug-likeness (QED) is 0.0960. The molecule has 8 rings (SSSR count). The average Bonchev–Trinajstić information content (AvgIpc) is 3.78. The number of nitrogens with zero attached hydrogens (tertiary/aromatic N) is 2. The molecule has 0 unspecified atom stereocenters. The van der Waals surface area contributed by atoms with Gasteiger partial charge >= 0.3 is 5.97 Å². The van der Waals surface area contributed by atoms with Crippen molar-refractivity contribution in [1.29, 1.82) is 0 Å². The van der Waals surface area contributed by atoms with Gasteiger partial charge in [0.15, 0.2) is 11.9 Å². The third-order valence-electron chi connectivity index (χ3n) is 14.0. The Labute approximate surface area is 375 Å². The molecule has 2 bridgehead atoms. The lowest BCUT2D eigenvalue weighted by molar-refractivity contribution is -0.571. The molecular formula is C47H68N4O11S. The van der Waals surface area contributed by atoms with Crippen molar-refractivity contribution >= 4 is 35.0 Å². The Morgan fingerprint density at radius 1 is 1.02 bits per heavy atom. The number of carbonyl (C=O) groups excluding carboxylic acids is 4. The molecule has 1 aromatic heterocycles. The molecule has 5 aliphatic heterocycles. The van der Waals surface area contributed by atoms with Gasteiger partial charge in [-0.3, -0.25) is 19.2 Å². The molecule has 1 spiro atoms. The summed E-state index contributed by atoms with van der Waals surface area (Å²) >= 11 is 1.57. The molecule has 348 valence electrons. The van der Waals surface area contributed by atoms with E-state index in [1.807, 2.05) is 64.4 Å². The zero-order valence-electron chi connectivity index (χ0n) is 38.0. The van der Waals surface area contributed by atoms with E-state index in [0.717, 1.165) is 53.8 Å². The van der Waals surface area contributed by atoms with Crippen molar-refractivity contribution in [2.45, 2.75) is 161 Å². The van der Waals surface area contributed by atoms with Crippen LogP contribution in [-0.4, -0.2) is 107 Å². The smallest absolute Gasteiger partial charge is 0.305 e. The van der Waals surface area contributed by atoms with Crippen LogP contribution in [0.25, 0.3) is 10.4 Å². The number of thiazole rings is 1. The van der Waals surface area contributed by atoms with Crippen LogP contribution in [-0.2, 0) is 54.4 Å². The number of hydrogen-bond donors (Lipinski definition) is 3. The summed E-state index contributed by atoms with van der Waals surface area (Å²) in [6.45, 7) is 14.9. The highest BCUT2D eigenvalue weighted by Crippen LogP contribution is 2.60. The molecule has 16 heteroatoms. The van der Waals surface area contributed by atoms with Crippen molar-refractivity contribution in [3.63, 3.8) is 0 Å². The molecule has 6 fully saturated rings. The molecule has 1 aliphatic carbocycles. The van der Waals surface area contributed by atoms with E-state index in [4.69, 9.17) is 28.7 Å². The van der Waals surface area contributed by atoms with Crippen LogP contribution in [0.3, 0.4) is 0 Å². The van der Waals surface area contributed by atoms with Crippen LogP contribution in [0.15, 0.2) is 29.8 Å². The largest absolute Gasteiger partial charge is 0.466 e. The van der Waals surface area contributed by atoms with Crippen molar-refractivity contribution in [3.8, 4) is 10.4 Å². The van der Waals surface area contributed by atoms with Gasteiger partial charge in [0.05, 0.1) is 41.5 Å². The first kappa shape index (κ1) is 47.5. The van der Waals surface area contributed by atoms with Gasteiger partial charge in [0.1, 0.15) is 12.1 Å². The first-order valence-electron chi connectivity index (χ1n) is 23.0. The minimum atomic E-state index is -0.941. The van der Waals surface area contributed by atoms with Crippen molar-refractivity contribution in [2.24, 2.45) is 29.1 Å². The molecule has 11 atom stereocenters. The standard InChI is InChI=1S/C47H68N4O11S/c1-28-12-17-35-29(2)37(59-44-47(35)34(28)18-20-46(7,60-44)61-62-47)10-8-22-58-39(54)11-9-21-57-23-19-38(53)50-41(45(4,5)6)43(56)51-26-33(52)24-36(51)42(55)48-25-31-13-15-32(16-14-31)40-30(3)49-27-63-40/h13-16,27-29,33-37,41,44,52H,8-12,17-26H2,1-7H3,(H,48,55)(H,50,53)/t28-,29-,33-,34+,35+,36+,37-,41-,44-,46-,47-/m1/s1. The molecule has 63 heavy (non-hydrogen) atoms. The highest BCUT2D eigenvalue weighted by atomic mass is 32.1. The van der Waals surface area contributed by atoms with Gasteiger partial charge in [0.2, 0.25) is 23.5 Å². The fourth-order valence-corrected chi connectivity index (χ4v) is 11.3. The number of esters is 1. The number of ether oxygens (including phenoxy) is 4. The molecular weight excluding hydrogens is 829 g/mol. The minimum absolute atomic E-state index is 0.00576. The number of hydrogen-bond acceptors (Lipinski definition) is 13. The Bertz CT molecular complexity index is 1920. The number of amides is 3. The fraction of sp³-hybridized carbons (Fsp3) is 0.723. The molecule has 0 radical (unpaired) electrons. The first-order chi connectivity index (χ1) is 30.0. The molecule has 6 heterocycles. The average molecular weight is 897 g/mol. The van der Waals surface area contributed by atoms with E-state index in [-0.39, 0.29) is 81.3 Å². The first-order valence-corrected chi connectivity index (χ1v) is 23.9. The zero-order chi connectivity index (χ0) is 45.1. The highest BCUT2D eigenvalue weighted by molar-refractivity contribution is 7.13. The number of aliphatic hydroxyl groups is 1. The van der Waals surface area contributed by atoms with Crippen LogP contribution in [0.1, 0.15) is 117 Å². The topological polar surface area (TPSA) is 184 Å². The molecule has 15 nitrogen and oxygen atoms in total. The van der Waals surface area contributed by atoms with Gasteiger partial charge in [-0.05, 0) is 86.7 Å². The summed E-state index contributed by atoms with van der Waals surface area (Å²) in [7, 11) is 0. The SMILES string of the molecule is Cc1ncsc1-c1ccc(CNC(=O)[C@@H]2C[C@@H](O)CN2C(=O)[C@@H](NC(=O)CCOCCCC(=O)OCCC[C@H]2O[C@@H]3O[C@@]4(C)CC[C@H]5[C@H](C)CC[C@@H]([C@H]2C)[C@@]35OO4)C(C)(C)C)cc1. The number of fused-ring (bicyclic) bond motifs is 2. The number of benzene rings is 1. The molecule has 6 aliphatic rings. The normalized spacial score (nSPS) is 31.8. The van der Waals surface area contributed by atoms with Gasteiger partial charge in [0, 0.05) is 51.3 Å². The van der Waals surface area contributed by atoms with Crippen molar-refractivity contribution in [1.82, 2.24) is 20.5 Å². The third kappa shape index (κ3) is 10.6. The van der Waals surface area contributed by atoms with Crippen molar-refractivity contribution < 1.29 is 53.0 Å². The molecule has 3 N–H and O–H groups in total. The molecule has 1 saturated carbocycles. The second-order valence-corrected chi connectivity index (χ2v) is 20.6. The Balaban J connectivity index is 0.789. The predicted molar refractivity (Wildman–Crippen MR) is 233 cm³/mol. The fourth-order valence-electron chi connectivity index (χ4n) is 10.5. The predicted octanol–water partition coefficient (Wildman–Crippen LogP) is 5.99. The zero-order valence-corrected chi connectivity index (χ0v) is 38.8. The van der Waals surface area contributed by atoms with Gasteiger partial charge in [-0.1, -0.05) is 58.9 Å². The van der Waals surface area contributed by atoms with Crippen LogP contribution >= 0.6 is 11.3 Å². The summed E-state index contributed by atoms with van der Waals surface area (Å²) in [5, 5.41) is 16.3. The maximum absolute atomic E-state index is 14.0. The summed E-state index contributed by atoms with van der Waals surface area (Å²) in [5.41, 5.74) is 3.45. The monoisotopic (exact) mass is 896 g/mol. The second kappa shape index (κ2) is 19.9. The molecule has 5 saturated heterocycles. The van der Waals surface area contributed by atoms with Crippen LogP contribution in [0.2, 0.25) is 0 Å². The molecule has 3 amide bonds. The van der Waals surface area contributed by atoms with Crippen molar-refractivity contribution in [2.75, 3.05) is 26.4 Å². The van der Waals surface area contributed by atoms with E-state index in [1.165, 1.54) is 4.90 Å². The van der Waals surface area contributed by atoms with Crippen LogP contribution in [0, 0.1) is 36.0 Å². The summed E-state index contributed by atoms with van der Waals surface area (Å²) in [5.74, 6) is -0.955. The third-order valence-corrected chi connectivity index (χ3v) is 15.0. The molecule has 1 aromatic carbocycles. The van der Waals surface area contributed by atoms with Gasteiger partial charge in [0.25, 0.3) is 0 Å². The summed E-state index contributed by atoms with van der Waals surface area (Å²) in [6.07, 6.45) is 4.71. The Morgan fingerprint density at radius 3 is 2.52 bits per heavy atom. The van der Waals surface area contributed by atoms with Gasteiger partial charge in [-0.15, -0.1) is 11.3 Å². The maximum Gasteiger partial charge on any atom is 0.305 e. The minimum Gasteiger partial charge on any atom is -0.466 e. The second-order valence-electron chi connectivity index (χ2n) is 19.7. The Hall–Kier alpha value is -3.51. The van der Waals surface area contributed by atoms with E-state index in [2.05, 4.69) is 29.5 Å². The van der Waals surface area contributed by atoms with Gasteiger partial charge < -0.3 is 39.6 Å². The van der Waals surface area contributed by atoms with Gasteiger partial charge in [-0.25, -0.2) is 14.8 Å². The van der Waals surface area contributed by atoms with Crippen LogP contribution in [0.5, 0.6) is 0 Å². The lowest BCUT2D eigenvalue weighted by Crippen LogP contribution is -2.70. The highest BCUT2D eigenvalue weighted by Gasteiger charge is 2.69. The number of aliphatic hydroxyl groups excluding tert-OH is 1. The number of carbonyl (C=O) groups is 4. The van der Waals surface area contributed by atoms with E-state index >= 15 is 0 Å². The number of β-amino-alcohol motifs (C(OH)–C–C–N with tert-alkyl or cyclic N) is 1. The maximum atomic E-state index is 14.0. The van der Waals surface area contributed by atoms with Crippen molar-refractivity contribution in [3.05, 3.63) is 41.0 Å². The number of aromatic nitrogens is 1. The number of rotatable bonds is 17. The molecule has 2 aromatic rings. The number of nitrogens with one attached hydrogen (secondary N) is 2. The number of aryl methyl sites for hydroxylation is 1. The van der Waals surface area contributed by atoms with E-state index in [1.54, 1.807) is 11.3 Å². The summed E-state index contributed by atoms with van der Waals surface area (Å²) in [4.78, 5) is 72.0.